The highest BCUT2D eigenvalue weighted by atomic mass is 19.1. The van der Waals surface area contributed by atoms with Gasteiger partial charge in [0, 0.05) is 36.6 Å². The fraction of sp³-hybridized carbons (Fsp3) is 0.280. The summed E-state index contributed by atoms with van der Waals surface area (Å²) in [5.74, 6) is -0.326. The highest BCUT2D eigenvalue weighted by Crippen LogP contribution is 2.51. The maximum absolute atomic E-state index is 14.6. The van der Waals surface area contributed by atoms with Gasteiger partial charge in [-0.1, -0.05) is 42.5 Å². The van der Waals surface area contributed by atoms with Gasteiger partial charge in [0.1, 0.15) is 5.82 Å². The van der Waals surface area contributed by atoms with E-state index in [1.54, 1.807) is 18.2 Å². The van der Waals surface area contributed by atoms with Crippen molar-refractivity contribution in [2.24, 2.45) is 0 Å². The first-order chi connectivity index (χ1) is 14.0. The predicted octanol–water partition coefficient (Wildman–Crippen LogP) is 5.79. The minimum absolute atomic E-state index is 0.0259. The molecule has 0 saturated carbocycles. The summed E-state index contributed by atoms with van der Waals surface area (Å²) in [7, 11) is 2.13. The summed E-state index contributed by atoms with van der Waals surface area (Å²) in [5, 5.41) is 0. The van der Waals surface area contributed by atoms with E-state index in [-0.39, 0.29) is 17.0 Å². The second-order valence-electron chi connectivity index (χ2n) is 8.63. The number of piperidine rings is 1. The van der Waals surface area contributed by atoms with Gasteiger partial charge >= 0.3 is 0 Å². The van der Waals surface area contributed by atoms with Gasteiger partial charge in [0.15, 0.2) is 11.5 Å². The van der Waals surface area contributed by atoms with E-state index in [0.717, 1.165) is 43.9 Å². The highest BCUT2D eigenvalue weighted by molar-refractivity contribution is 5.73. The molecular formula is C25H25F2N2+. The smallest absolute Gasteiger partial charge is 0.183 e. The Morgan fingerprint density at radius 3 is 2.03 bits per heavy atom. The van der Waals surface area contributed by atoms with E-state index in [1.165, 1.54) is 11.6 Å². The third kappa shape index (κ3) is 2.85. The summed E-state index contributed by atoms with van der Waals surface area (Å²) in [6.45, 7) is 2.49. The average Bonchev–Trinajstić information content (AvgIpc) is 3.06. The SMILES string of the molecule is C[N+]1(c2ccccc2F)CCC2(CC1)CN(c1ccccc1F)c1ccccc12. The number of rotatable bonds is 2. The number of likely N-dealkylation sites (tertiary alicyclic amines) is 1. The number of hydrogen-bond acceptors (Lipinski definition) is 1. The minimum atomic E-state index is -0.192. The van der Waals surface area contributed by atoms with Gasteiger partial charge in [0.25, 0.3) is 0 Å². The first-order valence-corrected chi connectivity index (χ1v) is 10.2. The quantitative estimate of drug-likeness (QED) is 0.500. The van der Waals surface area contributed by atoms with Gasteiger partial charge in [-0.05, 0) is 29.8 Å². The van der Waals surface area contributed by atoms with Crippen molar-refractivity contribution in [1.82, 2.24) is 4.48 Å². The molecule has 5 rings (SSSR count). The van der Waals surface area contributed by atoms with Crippen LogP contribution in [0.2, 0.25) is 0 Å². The molecule has 1 saturated heterocycles. The van der Waals surface area contributed by atoms with Gasteiger partial charge in [0.2, 0.25) is 0 Å². The molecule has 2 aliphatic rings. The Labute approximate surface area is 170 Å². The maximum Gasteiger partial charge on any atom is 0.183 e. The van der Waals surface area contributed by atoms with Crippen LogP contribution in [0.4, 0.5) is 25.8 Å². The van der Waals surface area contributed by atoms with E-state index >= 15 is 0 Å². The summed E-state index contributed by atoms with van der Waals surface area (Å²) >= 11 is 0. The molecule has 3 aromatic rings. The number of fused-ring (bicyclic) bond motifs is 2. The molecule has 148 valence electrons. The summed E-state index contributed by atoms with van der Waals surface area (Å²) in [6, 6.07) is 22.5. The number of hydrogen-bond donors (Lipinski definition) is 0. The second kappa shape index (κ2) is 6.67. The lowest BCUT2D eigenvalue weighted by Crippen LogP contribution is -2.56. The van der Waals surface area contributed by atoms with Crippen molar-refractivity contribution in [2.75, 3.05) is 31.6 Å². The molecule has 2 heterocycles. The Bertz CT molecular complexity index is 1050. The zero-order valence-electron chi connectivity index (χ0n) is 16.6. The Kier molecular flexibility index (Phi) is 4.21. The number of quaternary nitrogens is 1. The summed E-state index contributed by atoms with van der Waals surface area (Å²) in [4.78, 5) is 2.13. The van der Waals surface area contributed by atoms with Crippen LogP contribution in [0.3, 0.4) is 0 Å². The third-order valence-electron chi connectivity index (χ3n) is 6.97. The van der Waals surface area contributed by atoms with Gasteiger partial charge in [-0.3, -0.25) is 4.48 Å². The van der Waals surface area contributed by atoms with E-state index in [9.17, 15) is 8.78 Å². The van der Waals surface area contributed by atoms with Gasteiger partial charge < -0.3 is 4.90 Å². The standard InChI is InChI=1S/C25H25F2N2/c1-29(24-13-7-4-10-21(24)27)16-14-25(15-17-29)18-28(22-11-5-2-8-19(22)25)23-12-6-3-9-20(23)26/h2-13H,14-18H2,1H3/q+1. The average molecular weight is 391 g/mol. The summed E-state index contributed by atoms with van der Waals surface area (Å²) in [5.41, 5.74) is 3.76. The van der Waals surface area contributed by atoms with E-state index in [4.69, 9.17) is 0 Å². The van der Waals surface area contributed by atoms with E-state index in [2.05, 4.69) is 30.1 Å². The van der Waals surface area contributed by atoms with Crippen molar-refractivity contribution in [2.45, 2.75) is 18.3 Å². The lowest BCUT2D eigenvalue weighted by molar-refractivity contribution is 0.194. The molecule has 2 aliphatic heterocycles. The van der Waals surface area contributed by atoms with Crippen molar-refractivity contribution in [1.29, 1.82) is 0 Å². The molecule has 0 aromatic heterocycles. The van der Waals surface area contributed by atoms with Crippen LogP contribution in [0.25, 0.3) is 0 Å². The molecule has 0 unspecified atom stereocenters. The molecule has 2 nitrogen and oxygen atoms in total. The molecule has 0 N–H and O–H groups in total. The van der Waals surface area contributed by atoms with Crippen LogP contribution in [0.1, 0.15) is 18.4 Å². The topological polar surface area (TPSA) is 3.24 Å². The van der Waals surface area contributed by atoms with Crippen LogP contribution >= 0.6 is 0 Å². The minimum Gasteiger partial charge on any atom is -0.338 e. The van der Waals surface area contributed by atoms with Crippen LogP contribution in [-0.4, -0.2) is 26.7 Å². The van der Waals surface area contributed by atoms with Crippen molar-refractivity contribution in [3.8, 4) is 0 Å². The first-order valence-electron chi connectivity index (χ1n) is 10.2. The van der Waals surface area contributed by atoms with Crippen molar-refractivity contribution in [3.05, 3.63) is 90.0 Å². The molecule has 0 radical (unpaired) electrons. The normalized spacial score (nSPS) is 26.0. The zero-order valence-corrected chi connectivity index (χ0v) is 16.6. The van der Waals surface area contributed by atoms with Crippen LogP contribution < -0.4 is 9.38 Å². The van der Waals surface area contributed by atoms with E-state index in [1.807, 2.05) is 30.3 Å². The van der Waals surface area contributed by atoms with Crippen molar-refractivity contribution >= 4 is 17.1 Å². The Balaban J connectivity index is 1.50. The molecule has 1 fully saturated rings. The molecule has 0 aliphatic carbocycles. The Morgan fingerprint density at radius 2 is 1.34 bits per heavy atom. The van der Waals surface area contributed by atoms with Gasteiger partial charge in [-0.25, -0.2) is 8.78 Å². The van der Waals surface area contributed by atoms with Crippen LogP contribution in [-0.2, 0) is 5.41 Å². The number of nitrogens with zero attached hydrogens (tertiary/aromatic N) is 2. The van der Waals surface area contributed by atoms with Crippen molar-refractivity contribution < 1.29 is 8.78 Å². The monoisotopic (exact) mass is 391 g/mol. The number of halogens is 2. The molecular weight excluding hydrogens is 366 g/mol. The molecule has 0 amide bonds. The zero-order chi connectivity index (χ0) is 20.1. The number of para-hydroxylation sites is 3. The summed E-state index contributed by atoms with van der Waals surface area (Å²) in [6.07, 6.45) is 1.89. The van der Waals surface area contributed by atoms with Crippen LogP contribution in [0, 0.1) is 11.6 Å². The van der Waals surface area contributed by atoms with Crippen LogP contribution in [0.15, 0.2) is 72.8 Å². The molecule has 1 spiro atoms. The third-order valence-corrected chi connectivity index (χ3v) is 6.97. The number of benzene rings is 3. The predicted molar refractivity (Wildman–Crippen MR) is 115 cm³/mol. The molecule has 0 bridgehead atoms. The second-order valence-corrected chi connectivity index (χ2v) is 8.63. The van der Waals surface area contributed by atoms with Crippen LogP contribution in [0.5, 0.6) is 0 Å². The lowest BCUT2D eigenvalue weighted by atomic mass is 9.73. The lowest BCUT2D eigenvalue weighted by Gasteiger charge is -2.45. The van der Waals surface area contributed by atoms with E-state index in [0.29, 0.717) is 10.2 Å². The fourth-order valence-electron chi connectivity index (χ4n) is 5.23. The molecule has 3 aromatic carbocycles. The highest BCUT2D eigenvalue weighted by Gasteiger charge is 2.49. The molecule has 4 heteroatoms. The Morgan fingerprint density at radius 1 is 0.759 bits per heavy atom. The van der Waals surface area contributed by atoms with Crippen molar-refractivity contribution in [3.63, 3.8) is 0 Å². The van der Waals surface area contributed by atoms with E-state index < -0.39 is 0 Å². The fourth-order valence-corrected chi connectivity index (χ4v) is 5.23. The molecule has 0 atom stereocenters. The van der Waals surface area contributed by atoms with Gasteiger partial charge in [-0.2, -0.15) is 0 Å². The van der Waals surface area contributed by atoms with Gasteiger partial charge in [0.05, 0.1) is 25.8 Å². The first kappa shape index (κ1) is 18.3. The van der Waals surface area contributed by atoms with Gasteiger partial charge in [-0.15, -0.1) is 0 Å². The Hall–Kier alpha value is -2.72. The maximum atomic E-state index is 14.6. The summed E-state index contributed by atoms with van der Waals surface area (Å²) < 4.78 is 29.7. The largest absolute Gasteiger partial charge is 0.338 e. The number of anilines is 2. The molecule has 29 heavy (non-hydrogen) atoms.